The Hall–Kier alpha value is -2.76. The van der Waals surface area contributed by atoms with Gasteiger partial charge in [0.05, 0.1) is 5.56 Å². The van der Waals surface area contributed by atoms with E-state index in [0.717, 1.165) is 0 Å². The molecule has 0 fully saturated rings. The van der Waals surface area contributed by atoms with E-state index >= 15 is 0 Å². The van der Waals surface area contributed by atoms with Crippen molar-refractivity contribution in [1.82, 2.24) is 0 Å². The zero-order chi connectivity index (χ0) is 16.7. The molecule has 4 rings (SSSR count). The van der Waals surface area contributed by atoms with Crippen molar-refractivity contribution in [2.45, 2.75) is 32.3 Å². The molecule has 1 aromatic heterocycles. The molecular weight excluding hydrogens is 300 g/mol. The SMILES string of the molecule is CC1Oc2c(c(=O)c3c(O)oc(O)c4c(=O)ccc2c43)C1(C)C. The number of benzene rings is 2. The van der Waals surface area contributed by atoms with Gasteiger partial charge < -0.3 is 19.4 Å². The van der Waals surface area contributed by atoms with E-state index < -0.39 is 28.2 Å². The van der Waals surface area contributed by atoms with Crippen molar-refractivity contribution in [2.75, 3.05) is 0 Å². The van der Waals surface area contributed by atoms with Gasteiger partial charge in [-0.2, -0.15) is 0 Å². The molecule has 0 saturated carbocycles. The number of hydrogen-bond acceptors (Lipinski definition) is 6. The molecule has 2 heterocycles. The lowest BCUT2D eigenvalue weighted by molar-refractivity contribution is 0.187. The lowest BCUT2D eigenvalue weighted by atomic mass is 9.80. The van der Waals surface area contributed by atoms with E-state index in [1.54, 1.807) is 6.07 Å². The normalized spacial score (nSPS) is 19.2. The van der Waals surface area contributed by atoms with Crippen molar-refractivity contribution in [3.63, 3.8) is 0 Å². The van der Waals surface area contributed by atoms with Gasteiger partial charge in [0.2, 0.25) is 5.43 Å². The summed E-state index contributed by atoms with van der Waals surface area (Å²) in [5.74, 6) is -1.01. The summed E-state index contributed by atoms with van der Waals surface area (Å²) in [4.78, 5) is 25.0. The largest absolute Gasteiger partial charge is 0.489 e. The van der Waals surface area contributed by atoms with Crippen LogP contribution in [0.5, 0.6) is 17.6 Å². The fourth-order valence-electron chi connectivity index (χ4n) is 3.35. The number of ether oxygens (including phenoxy) is 1. The van der Waals surface area contributed by atoms with Gasteiger partial charge >= 0.3 is 0 Å². The summed E-state index contributed by atoms with van der Waals surface area (Å²) >= 11 is 0. The fraction of sp³-hybridized carbons (Fsp3) is 0.294. The lowest BCUT2D eigenvalue weighted by Gasteiger charge is -2.21. The van der Waals surface area contributed by atoms with Crippen LogP contribution in [0.3, 0.4) is 0 Å². The van der Waals surface area contributed by atoms with Gasteiger partial charge in [-0.3, -0.25) is 9.59 Å². The van der Waals surface area contributed by atoms with Gasteiger partial charge in [0.25, 0.3) is 11.9 Å². The van der Waals surface area contributed by atoms with E-state index in [-0.39, 0.29) is 22.3 Å². The van der Waals surface area contributed by atoms with Gasteiger partial charge in [0.15, 0.2) is 5.43 Å². The molecule has 2 N–H and O–H groups in total. The average Bonchev–Trinajstić information content (AvgIpc) is 2.68. The van der Waals surface area contributed by atoms with Gasteiger partial charge in [-0.25, -0.2) is 0 Å². The van der Waals surface area contributed by atoms with E-state index in [1.807, 2.05) is 20.8 Å². The number of fused-ring (bicyclic) bond motifs is 2. The van der Waals surface area contributed by atoms with Crippen molar-refractivity contribution in [1.29, 1.82) is 0 Å². The molecule has 6 heteroatoms. The first-order valence-electron chi connectivity index (χ1n) is 7.23. The van der Waals surface area contributed by atoms with Crippen LogP contribution >= 0.6 is 0 Å². The van der Waals surface area contributed by atoms with Crippen LogP contribution in [0.4, 0.5) is 0 Å². The minimum Gasteiger partial charge on any atom is -0.489 e. The molecular formula is C17H14O6. The summed E-state index contributed by atoms with van der Waals surface area (Å²) in [6, 6.07) is 2.83. The standard InChI is InChI=1S/C17H14O6/c1-6-17(2,3)12-13(19)11-9-7(14(12)22-6)4-5-8(18)10(9)15(20)23-16(11)21/h4-6,20-21H,1-3H3. The second-order valence-electron chi connectivity index (χ2n) is 6.46. The maximum atomic E-state index is 12.9. The molecule has 1 aliphatic rings. The van der Waals surface area contributed by atoms with Gasteiger partial charge in [0, 0.05) is 16.2 Å². The first-order chi connectivity index (χ1) is 10.7. The Morgan fingerprint density at radius 2 is 1.70 bits per heavy atom. The van der Waals surface area contributed by atoms with Crippen LogP contribution in [-0.4, -0.2) is 16.3 Å². The zero-order valence-electron chi connectivity index (χ0n) is 12.8. The number of rotatable bonds is 0. The summed E-state index contributed by atoms with van der Waals surface area (Å²) in [6.07, 6.45) is -0.250. The van der Waals surface area contributed by atoms with Crippen molar-refractivity contribution in [3.05, 3.63) is 38.1 Å². The summed E-state index contributed by atoms with van der Waals surface area (Å²) in [7, 11) is 0. The van der Waals surface area contributed by atoms with E-state index in [4.69, 9.17) is 9.15 Å². The maximum absolute atomic E-state index is 12.9. The summed E-state index contributed by atoms with van der Waals surface area (Å²) < 4.78 is 10.7. The first kappa shape index (κ1) is 13.9. The Bertz CT molecular complexity index is 1090. The highest BCUT2D eigenvalue weighted by Crippen LogP contribution is 2.48. The van der Waals surface area contributed by atoms with Gasteiger partial charge in [-0.15, -0.1) is 0 Å². The molecule has 0 aliphatic carbocycles. The Kier molecular flexibility index (Phi) is 2.38. The zero-order valence-corrected chi connectivity index (χ0v) is 12.8. The molecule has 6 nitrogen and oxygen atoms in total. The second-order valence-corrected chi connectivity index (χ2v) is 6.46. The van der Waals surface area contributed by atoms with Gasteiger partial charge in [-0.05, 0) is 19.1 Å². The number of hydrogen-bond donors (Lipinski definition) is 2. The lowest BCUT2D eigenvalue weighted by Crippen LogP contribution is -2.32. The minimum atomic E-state index is -0.713. The summed E-state index contributed by atoms with van der Waals surface area (Å²) in [6.45, 7) is 5.63. The molecule has 23 heavy (non-hydrogen) atoms. The third-order valence-electron chi connectivity index (χ3n) is 4.92. The Labute approximate surface area is 129 Å². The predicted molar refractivity (Wildman–Crippen MR) is 83.9 cm³/mol. The van der Waals surface area contributed by atoms with Crippen LogP contribution in [-0.2, 0) is 5.41 Å². The van der Waals surface area contributed by atoms with Gasteiger partial charge in [-0.1, -0.05) is 13.8 Å². The maximum Gasteiger partial charge on any atom is 0.296 e. The quantitative estimate of drug-likeness (QED) is 0.660. The molecule has 118 valence electrons. The highest BCUT2D eigenvalue weighted by molar-refractivity contribution is 6.15. The third kappa shape index (κ3) is 1.48. The average molecular weight is 314 g/mol. The molecule has 2 aromatic carbocycles. The smallest absolute Gasteiger partial charge is 0.296 e. The molecule has 1 aliphatic heterocycles. The molecule has 0 radical (unpaired) electrons. The Balaban J connectivity index is 2.40. The molecule has 3 aromatic rings. The first-order valence-corrected chi connectivity index (χ1v) is 7.23. The van der Waals surface area contributed by atoms with Crippen LogP contribution in [0.1, 0.15) is 26.3 Å². The third-order valence-corrected chi connectivity index (χ3v) is 4.92. The van der Waals surface area contributed by atoms with Crippen LogP contribution in [0.25, 0.3) is 21.5 Å². The highest BCUT2D eigenvalue weighted by atomic mass is 16.5. The van der Waals surface area contributed by atoms with E-state index in [0.29, 0.717) is 16.7 Å². The Morgan fingerprint density at radius 3 is 2.39 bits per heavy atom. The highest BCUT2D eigenvalue weighted by Gasteiger charge is 2.43. The molecule has 1 unspecified atom stereocenters. The van der Waals surface area contributed by atoms with Gasteiger partial charge in [0.1, 0.15) is 22.6 Å². The van der Waals surface area contributed by atoms with Crippen molar-refractivity contribution in [3.8, 4) is 17.6 Å². The van der Waals surface area contributed by atoms with Crippen LogP contribution < -0.4 is 15.6 Å². The van der Waals surface area contributed by atoms with Crippen molar-refractivity contribution < 1.29 is 19.4 Å². The monoisotopic (exact) mass is 314 g/mol. The van der Waals surface area contributed by atoms with Crippen molar-refractivity contribution >= 4 is 21.5 Å². The molecule has 0 bridgehead atoms. The van der Waals surface area contributed by atoms with E-state index in [1.165, 1.54) is 6.07 Å². The molecule has 0 spiro atoms. The minimum absolute atomic E-state index is 0.102. The van der Waals surface area contributed by atoms with E-state index in [9.17, 15) is 19.8 Å². The predicted octanol–water partition coefficient (Wildman–Crippen LogP) is 2.21. The summed E-state index contributed by atoms with van der Waals surface area (Å²) in [5.41, 5.74) is -1.06. The Morgan fingerprint density at radius 1 is 1.04 bits per heavy atom. The number of aromatic hydroxyl groups is 2. The molecule has 1 atom stereocenters. The second kappa shape index (κ2) is 3.95. The summed E-state index contributed by atoms with van der Waals surface area (Å²) in [5, 5.41) is 20.4. The van der Waals surface area contributed by atoms with Crippen molar-refractivity contribution in [2.24, 2.45) is 0 Å². The van der Waals surface area contributed by atoms with Crippen LogP contribution in [0, 0.1) is 0 Å². The molecule has 0 saturated heterocycles. The topological polar surface area (TPSA) is 97.0 Å². The van der Waals surface area contributed by atoms with E-state index in [2.05, 4.69) is 0 Å². The molecule has 0 amide bonds. The van der Waals surface area contributed by atoms with Crippen LogP contribution in [0.2, 0.25) is 0 Å². The van der Waals surface area contributed by atoms with Crippen LogP contribution in [0.15, 0.2) is 26.1 Å². The fourth-order valence-corrected chi connectivity index (χ4v) is 3.35.